The van der Waals surface area contributed by atoms with Gasteiger partial charge in [0.25, 0.3) is 0 Å². The van der Waals surface area contributed by atoms with Crippen LogP contribution in [0.15, 0.2) is 42.5 Å². The lowest BCUT2D eigenvalue weighted by molar-refractivity contribution is 0.145. The number of para-hydroxylation sites is 1. The maximum Gasteiger partial charge on any atom is 0.102 e. The second-order valence-corrected chi connectivity index (χ2v) is 4.49. The van der Waals surface area contributed by atoms with Crippen molar-refractivity contribution in [3.8, 4) is 0 Å². The summed E-state index contributed by atoms with van der Waals surface area (Å²) in [5, 5.41) is 2.62. The van der Waals surface area contributed by atoms with Gasteiger partial charge in [0.2, 0.25) is 0 Å². The van der Waals surface area contributed by atoms with E-state index in [0.29, 0.717) is 6.61 Å². The minimum Gasteiger partial charge on any atom is -0.264 e. The molecule has 2 nitrogen and oxygen atoms in total. The van der Waals surface area contributed by atoms with Gasteiger partial charge in [-0.2, -0.15) is 0 Å². The molecule has 2 aromatic rings. The highest BCUT2D eigenvalue weighted by molar-refractivity contribution is 6.31. The molecule has 0 fully saturated rings. The molecule has 0 saturated heterocycles. The Morgan fingerprint density at radius 3 is 2.71 bits per heavy atom. The number of hydrogen-bond donors (Lipinski definition) is 0. The summed E-state index contributed by atoms with van der Waals surface area (Å²) >= 11 is 6.14. The molecule has 0 bridgehead atoms. The summed E-state index contributed by atoms with van der Waals surface area (Å²) in [6.07, 6.45) is 0. The van der Waals surface area contributed by atoms with Gasteiger partial charge < -0.3 is 0 Å². The van der Waals surface area contributed by atoms with E-state index < -0.39 is 0 Å². The van der Waals surface area contributed by atoms with E-state index >= 15 is 0 Å². The molecular formula is C14H12ClNO. The van der Waals surface area contributed by atoms with E-state index in [0.717, 1.165) is 22.0 Å². The van der Waals surface area contributed by atoms with Crippen molar-refractivity contribution in [2.75, 3.05) is 5.06 Å². The lowest BCUT2D eigenvalue weighted by atomic mass is 10.1. The fraction of sp³-hybridized carbons (Fsp3) is 0.143. The van der Waals surface area contributed by atoms with Crippen LogP contribution in [-0.4, -0.2) is 0 Å². The number of rotatable bonds is 1. The zero-order valence-corrected chi connectivity index (χ0v) is 10.2. The van der Waals surface area contributed by atoms with Crippen LogP contribution in [-0.2, 0) is 11.4 Å². The first-order chi connectivity index (χ1) is 8.27. The summed E-state index contributed by atoms with van der Waals surface area (Å²) in [5.74, 6) is 0. The van der Waals surface area contributed by atoms with Gasteiger partial charge >= 0.3 is 0 Å². The van der Waals surface area contributed by atoms with Crippen LogP contribution in [0.1, 0.15) is 11.1 Å². The van der Waals surface area contributed by atoms with Crippen molar-refractivity contribution in [3.63, 3.8) is 0 Å². The van der Waals surface area contributed by atoms with Gasteiger partial charge in [-0.05, 0) is 30.7 Å². The first-order valence-electron chi connectivity index (χ1n) is 5.53. The van der Waals surface area contributed by atoms with E-state index in [4.69, 9.17) is 16.4 Å². The Kier molecular flexibility index (Phi) is 2.54. The third-order valence-corrected chi connectivity index (χ3v) is 3.43. The summed E-state index contributed by atoms with van der Waals surface area (Å²) < 4.78 is 0. The van der Waals surface area contributed by atoms with Gasteiger partial charge in [-0.3, -0.25) is 4.84 Å². The molecule has 0 amide bonds. The largest absolute Gasteiger partial charge is 0.264 e. The predicted octanol–water partition coefficient (Wildman–Crippen LogP) is 4.23. The molecule has 1 heterocycles. The minimum atomic E-state index is 0.613. The molecule has 1 aliphatic rings. The summed E-state index contributed by atoms with van der Waals surface area (Å²) in [6.45, 7) is 2.62. The fourth-order valence-corrected chi connectivity index (χ4v) is 2.22. The van der Waals surface area contributed by atoms with Gasteiger partial charge in [-0.25, -0.2) is 5.06 Å². The molecule has 0 spiro atoms. The van der Waals surface area contributed by atoms with Crippen LogP contribution in [0.5, 0.6) is 0 Å². The van der Waals surface area contributed by atoms with Crippen molar-refractivity contribution in [2.45, 2.75) is 13.5 Å². The second-order valence-electron chi connectivity index (χ2n) is 4.08. The Morgan fingerprint density at radius 1 is 1.06 bits per heavy atom. The van der Waals surface area contributed by atoms with Crippen LogP contribution in [0, 0.1) is 6.92 Å². The van der Waals surface area contributed by atoms with Crippen molar-refractivity contribution >= 4 is 23.0 Å². The van der Waals surface area contributed by atoms with Crippen molar-refractivity contribution in [1.29, 1.82) is 0 Å². The molecule has 1 aliphatic heterocycles. The van der Waals surface area contributed by atoms with Crippen LogP contribution < -0.4 is 5.06 Å². The van der Waals surface area contributed by atoms with Crippen molar-refractivity contribution in [1.82, 2.24) is 0 Å². The van der Waals surface area contributed by atoms with Crippen molar-refractivity contribution in [2.24, 2.45) is 0 Å². The maximum absolute atomic E-state index is 6.14. The lowest BCUT2D eigenvalue weighted by Crippen LogP contribution is -2.12. The lowest BCUT2D eigenvalue weighted by Gasteiger charge is -2.20. The number of anilines is 2. The zero-order chi connectivity index (χ0) is 11.8. The Bertz CT molecular complexity index is 568. The molecule has 0 atom stereocenters. The van der Waals surface area contributed by atoms with Gasteiger partial charge in [0.15, 0.2) is 0 Å². The molecule has 0 N–H and O–H groups in total. The Labute approximate surface area is 105 Å². The number of fused-ring (bicyclic) bond motifs is 1. The maximum atomic E-state index is 6.14. The van der Waals surface area contributed by atoms with Crippen LogP contribution in [0.25, 0.3) is 0 Å². The fourth-order valence-electron chi connectivity index (χ4n) is 2.05. The molecule has 0 unspecified atom stereocenters. The first kappa shape index (κ1) is 10.6. The van der Waals surface area contributed by atoms with Gasteiger partial charge in [0.1, 0.15) is 6.61 Å². The molecule has 86 valence electrons. The molecular weight excluding hydrogens is 234 g/mol. The molecule has 2 aromatic carbocycles. The molecule has 0 aliphatic carbocycles. The number of benzene rings is 2. The van der Waals surface area contributed by atoms with E-state index in [1.807, 2.05) is 42.3 Å². The first-order valence-corrected chi connectivity index (χ1v) is 5.91. The Balaban J connectivity index is 2.10. The normalized spacial score (nSPS) is 13.9. The van der Waals surface area contributed by atoms with Gasteiger partial charge in [-0.1, -0.05) is 35.9 Å². The van der Waals surface area contributed by atoms with E-state index in [9.17, 15) is 0 Å². The second kappa shape index (κ2) is 4.06. The summed E-state index contributed by atoms with van der Waals surface area (Å²) in [6, 6.07) is 14.0. The molecule has 0 saturated carbocycles. The quantitative estimate of drug-likeness (QED) is 0.745. The topological polar surface area (TPSA) is 12.5 Å². The van der Waals surface area contributed by atoms with Crippen LogP contribution in [0.2, 0.25) is 5.02 Å². The minimum absolute atomic E-state index is 0.613. The standard InChI is InChI=1S/C14H12ClNO/c1-10-12(15)6-4-8-13(10)16-14-7-3-2-5-11(14)9-17-16/h2-8H,9H2,1H3. The summed E-state index contributed by atoms with van der Waals surface area (Å²) in [4.78, 5) is 5.72. The highest BCUT2D eigenvalue weighted by Gasteiger charge is 2.22. The highest BCUT2D eigenvalue weighted by Crippen LogP contribution is 2.38. The van der Waals surface area contributed by atoms with Gasteiger partial charge in [0, 0.05) is 10.6 Å². The monoisotopic (exact) mass is 245 g/mol. The summed E-state index contributed by atoms with van der Waals surface area (Å²) in [5.41, 5.74) is 4.33. The number of nitrogens with zero attached hydrogens (tertiary/aromatic N) is 1. The smallest absolute Gasteiger partial charge is 0.102 e. The highest BCUT2D eigenvalue weighted by atomic mass is 35.5. The molecule has 17 heavy (non-hydrogen) atoms. The third kappa shape index (κ3) is 1.70. The van der Waals surface area contributed by atoms with E-state index in [1.54, 1.807) is 0 Å². The van der Waals surface area contributed by atoms with Gasteiger partial charge in [0.05, 0.1) is 11.4 Å². The Morgan fingerprint density at radius 2 is 1.82 bits per heavy atom. The van der Waals surface area contributed by atoms with Crippen molar-refractivity contribution < 1.29 is 4.84 Å². The van der Waals surface area contributed by atoms with E-state index in [1.165, 1.54) is 5.56 Å². The van der Waals surface area contributed by atoms with Crippen LogP contribution in [0.3, 0.4) is 0 Å². The molecule has 0 aromatic heterocycles. The average Bonchev–Trinajstić information content (AvgIpc) is 2.77. The Hall–Kier alpha value is -1.51. The van der Waals surface area contributed by atoms with E-state index in [2.05, 4.69) is 12.1 Å². The van der Waals surface area contributed by atoms with E-state index in [-0.39, 0.29) is 0 Å². The third-order valence-electron chi connectivity index (χ3n) is 3.02. The molecule has 0 radical (unpaired) electrons. The number of halogens is 1. The van der Waals surface area contributed by atoms with Crippen LogP contribution in [0.4, 0.5) is 11.4 Å². The van der Waals surface area contributed by atoms with Crippen molar-refractivity contribution in [3.05, 3.63) is 58.6 Å². The zero-order valence-electron chi connectivity index (χ0n) is 9.48. The molecule has 3 rings (SSSR count). The average molecular weight is 246 g/mol. The van der Waals surface area contributed by atoms with Gasteiger partial charge in [-0.15, -0.1) is 0 Å². The van der Waals surface area contributed by atoms with Crippen LogP contribution >= 0.6 is 11.6 Å². The SMILES string of the molecule is Cc1c(Cl)cccc1N1OCc2ccccc21. The predicted molar refractivity (Wildman–Crippen MR) is 69.6 cm³/mol. The summed E-state index contributed by atoms with van der Waals surface area (Å²) in [7, 11) is 0. The number of hydrogen-bond acceptors (Lipinski definition) is 2. The molecule has 3 heteroatoms.